The summed E-state index contributed by atoms with van der Waals surface area (Å²) in [6.07, 6.45) is 14.3. The molecule has 0 amide bonds. The van der Waals surface area contributed by atoms with Gasteiger partial charge in [-0.05, 0) is 41.9 Å². The molecule has 0 bridgehead atoms. The van der Waals surface area contributed by atoms with Crippen LogP contribution in [0, 0.1) is 11.8 Å². The molecule has 0 atom stereocenters. The lowest BCUT2D eigenvalue weighted by atomic mass is 9.78. The van der Waals surface area contributed by atoms with Gasteiger partial charge >= 0.3 is 0 Å². The first-order chi connectivity index (χ1) is 12.7. The van der Waals surface area contributed by atoms with Crippen molar-refractivity contribution in [1.82, 2.24) is 4.98 Å². The number of pyridine rings is 1. The minimum absolute atomic E-state index is 0.358. The zero-order chi connectivity index (χ0) is 18.4. The maximum Gasteiger partial charge on any atom is 0.147 e. The van der Waals surface area contributed by atoms with Gasteiger partial charge in [-0.3, -0.25) is 0 Å². The molecule has 2 aromatic rings. The second kappa shape index (κ2) is 9.76. The number of nitrogens with zero attached hydrogens (tertiary/aromatic N) is 1. The molecule has 0 saturated heterocycles. The van der Waals surface area contributed by atoms with E-state index in [2.05, 4.69) is 36.2 Å². The van der Waals surface area contributed by atoms with E-state index in [1.165, 1.54) is 63.4 Å². The third-order valence-electron chi connectivity index (χ3n) is 5.86. The number of unbranched alkanes of at least 4 members (excludes halogenated alkanes) is 1. The molecule has 26 heavy (non-hydrogen) atoms. The van der Waals surface area contributed by atoms with E-state index >= 15 is 0 Å². The van der Waals surface area contributed by atoms with E-state index in [1.54, 1.807) is 6.20 Å². The van der Waals surface area contributed by atoms with Crippen LogP contribution in [0.4, 0.5) is 0 Å². The SMILES string of the molecule is CCCC[C@H]1CC[C@H](CCc2ccc(-c3cnc(Cl)c(Cl)c3)cc2)CC1. The minimum Gasteiger partial charge on any atom is -0.242 e. The topological polar surface area (TPSA) is 12.9 Å². The number of halogens is 2. The van der Waals surface area contributed by atoms with Crippen LogP contribution in [0.1, 0.15) is 63.9 Å². The third kappa shape index (κ3) is 5.47. The molecule has 3 rings (SSSR count). The summed E-state index contributed by atoms with van der Waals surface area (Å²) in [6, 6.07) is 10.7. The lowest BCUT2D eigenvalue weighted by molar-refractivity contribution is 0.250. The van der Waals surface area contributed by atoms with Gasteiger partial charge in [0.05, 0.1) is 5.02 Å². The van der Waals surface area contributed by atoms with E-state index in [9.17, 15) is 0 Å². The fraction of sp³-hybridized carbons (Fsp3) is 0.522. The van der Waals surface area contributed by atoms with E-state index < -0.39 is 0 Å². The van der Waals surface area contributed by atoms with Crippen molar-refractivity contribution in [2.75, 3.05) is 0 Å². The van der Waals surface area contributed by atoms with Crippen LogP contribution >= 0.6 is 23.2 Å². The van der Waals surface area contributed by atoms with Crippen molar-refractivity contribution in [2.24, 2.45) is 11.8 Å². The van der Waals surface area contributed by atoms with Crippen LogP contribution in [0.2, 0.25) is 10.2 Å². The van der Waals surface area contributed by atoms with Crippen molar-refractivity contribution < 1.29 is 0 Å². The maximum atomic E-state index is 6.07. The Kier molecular flexibility index (Phi) is 7.40. The van der Waals surface area contributed by atoms with E-state index in [0.717, 1.165) is 23.0 Å². The zero-order valence-electron chi connectivity index (χ0n) is 15.7. The Morgan fingerprint density at radius 2 is 1.58 bits per heavy atom. The van der Waals surface area contributed by atoms with E-state index in [1.807, 2.05) is 6.07 Å². The van der Waals surface area contributed by atoms with Gasteiger partial charge in [0.25, 0.3) is 0 Å². The summed E-state index contributed by atoms with van der Waals surface area (Å²) in [5.74, 6) is 1.93. The molecule has 1 aromatic heterocycles. The van der Waals surface area contributed by atoms with Crippen molar-refractivity contribution in [1.29, 1.82) is 0 Å². The number of hydrogen-bond acceptors (Lipinski definition) is 1. The van der Waals surface area contributed by atoms with Gasteiger partial charge in [-0.15, -0.1) is 0 Å². The predicted molar refractivity (Wildman–Crippen MR) is 113 cm³/mol. The van der Waals surface area contributed by atoms with Gasteiger partial charge in [-0.25, -0.2) is 4.98 Å². The van der Waals surface area contributed by atoms with Gasteiger partial charge in [0, 0.05) is 11.8 Å². The number of hydrogen-bond donors (Lipinski definition) is 0. The fourth-order valence-electron chi connectivity index (χ4n) is 4.12. The minimum atomic E-state index is 0.358. The van der Waals surface area contributed by atoms with Gasteiger partial charge in [-0.2, -0.15) is 0 Å². The number of benzene rings is 1. The van der Waals surface area contributed by atoms with Crippen molar-refractivity contribution in [3.8, 4) is 11.1 Å². The lowest BCUT2D eigenvalue weighted by Gasteiger charge is -2.28. The average molecular weight is 390 g/mol. The molecule has 1 aliphatic rings. The highest BCUT2D eigenvalue weighted by molar-refractivity contribution is 6.41. The fourth-order valence-corrected chi connectivity index (χ4v) is 4.39. The van der Waals surface area contributed by atoms with Crippen LogP contribution < -0.4 is 0 Å². The quantitative estimate of drug-likeness (QED) is 0.437. The first-order valence-electron chi connectivity index (χ1n) is 10.1. The van der Waals surface area contributed by atoms with Crippen LogP contribution in [-0.2, 0) is 6.42 Å². The highest BCUT2D eigenvalue weighted by Gasteiger charge is 2.20. The van der Waals surface area contributed by atoms with E-state index in [0.29, 0.717) is 10.2 Å². The van der Waals surface area contributed by atoms with Crippen molar-refractivity contribution in [3.05, 3.63) is 52.3 Å². The average Bonchev–Trinajstić information content (AvgIpc) is 2.68. The first kappa shape index (κ1) is 19.7. The van der Waals surface area contributed by atoms with Crippen molar-refractivity contribution in [3.63, 3.8) is 0 Å². The molecule has 0 spiro atoms. The van der Waals surface area contributed by atoms with E-state index in [4.69, 9.17) is 23.2 Å². The Hall–Kier alpha value is -1.05. The molecule has 1 aliphatic carbocycles. The van der Waals surface area contributed by atoms with Gasteiger partial charge in [0.15, 0.2) is 0 Å². The molecule has 1 nitrogen and oxygen atoms in total. The summed E-state index contributed by atoms with van der Waals surface area (Å²) in [5.41, 5.74) is 3.57. The van der Waals surface area contributed by atoms with Crippen LogP contribution in [-0.4, -0.2) is 4.98 Å². The molecule has 0 aliphatic heterocycles. The Balaban J connectivity index is 1.48. The number of rotatable bonds is 7. The zero-order valence-corrected chi connectivity index (χ0v) is 17.2. The van der Waals surface area contributed by atoms with Gasteiger partial charge < -0.3 is 0 Å². The molecule has 1 heterocycles. The summed E-state index contributed by atoms with van der Waals surface area (Å²) >= 11 is 12.0. The molecule has 0 unspecified atom stereocenters. The Bertz CT molecular complexity index is 688. The molecule has 1 aromatic carbocycles. The summed E-state index contributed by atoms with van der Waals surface area (Å²) in [6.45, 7) is 2.30. The summed E-state index contributed by atoms with van der Waals surface area (Å²) < 4.78 is 0. The monoisotopic (exact) mass is 389 g/mol. The standard InChI is InChI=1S/C23H29Cl2N/c1-2-3-4-17-5-7-18(8-6-17)9-10-19-11-13-20(14-12-19)21-15-22(24)23(25)26-16-21/h11-18H,2-10H2,1H3/t17-,18-. The molecule has 3 heteroatoms. The van der Waals surface area contributed by atoms with Crippen molar-refractivity contribution in [2.45, 2.75) is 64.7 Å². The van der Waals surface area contributed by atoms with E-state index in [-0.39, 0.29) is 0 Å². The van der Waals surface area contributed by atoms with Gasteiger partial charge in [-0.1, -0.05) is 99.3 Å². The predicted octanol–water partition coefficient (Wildman–Crippen LogP) is 7.98. The van der Waals surface area contributed by atoms with Gasteiger partial charge in [0.1, 0.15) is 5.15 Å². The molecule has 0 radical (unpaired) electrons. The first-order valence-corrected chi connectivity index (χ1v) is 10.8. The van der Waals surface area contributed by atoms with Crippen LogP contribution in [0.3, 0.4) is 0 Å². The molecular weight excluding hydrogens is 361 g/mol. The maximum absolute atomic E-state index is 6.07. The number of aromatic nitrogens is 1. The second-order valence-electron chi connectivity index (χ2n) is 7.76. The Morgan fingerprint density at radius 1 is 0.923 bits per heavy atom. The van der Waals surface area contributed by atoms with Crippen LogP contribution in [0.25, 0.3) is 11.1 Å². The van der Waals surface area contributed by atoms with Crippen LogP contribution in [0.5, 0.6) is 0 Å². The molecule has 1 saturated carbocycles. The molecule has 140 valence electrons. The summed E-state index contributed by atoms with van der Waals surface area (Å²) in [5, 5.41) is 0.860. The van der Waals surface area contributed by atoms with Gasteiger partial charge in [0.2, 0.25) is 0 Å². The largest absolute Gasteiger partial charge is 0.242 e. The molecular formula is C23H29Cl2N. The smallest absolute Gasteiger partial charge is 0.147 e. The molecule has 0 N–H and O–H groups in total. The highest BCUT2D eigenvalue weighted by Crippen LogP contribution is 2.34. The second-order valence-corrected chi connectivity index (χ2v) is 8.53. The molecule has 1 fully saturated rings. The summed E-state index contributed by atoms with van der Waals surface area (Å²) in [7, 11) is 0. The number of aryl methyl sites for hydroxylation is 1. The Morgan fingerprint density at radius 3 is 2.19 bits per heavy atom. The lowest BCUT2D eigenvalue weighted by Crippen LogP contribution is -2.15. The summed E-state index contributed by atoms with van der Waals surface area (Å²) in [4.78, 5) is 4.13. The van der Waals surface area contributed by atoms with Crippen LogP contribution in [0.15, 0.2) is 36.5 Å². The highest BCUT2D eigenvalue weighted by atomic mass is 35.5. The Labute approximate surface area is 168 Å². The normalized spacial score (nSPS) is 20.3. The third-order valence-corrected chi connectivity index (χ3v) is 6.54. The van der Waals surface area contributed by atoms with Crippen molar-refractivity contribution >= 4 is 23.2 Å².